The number of rotatable bonds is 4. The number of aromatic nitrogens is 2. The van der Waals surface area contributed by atoms with Crippen molar-refractivity contribution in [1.82, 2.24) is 9.97 Å². The van der Waals surface area contributed by atoms with Crippen LogP contribution >= 0.6 is 0 Å². The Balaban J connectivity index is 0.00000180. The number of aromatic amines is 1. The summed E-state index contributed by atoms with van der Waals surface area (Å²) in [6.45, 7) is 0.190. The van der Waals surface area contributed by atoms with Crippen LogP contribution in [0.4, 0.5) is 13.2 Å². The van der Waals surface area contributed by atoms with Crippen LogP contribution in [0.3, 0.4) is 0 Å². The minimum absolute atomic E-state index is 0. The predicted octanol–water partition coefficient (Wildman–Crippen LogP) is 2.06. The van der Waals surface area contributed by atoms with E-state index in [0.717, 1.165) is 5.69 Å². The lowest BCUT2D eigenvalue weighted by molar-refractivity contribution is -0.274. The molecule has 0 radical (unpaired) electrons. The number of alkyl halides is 3. The molecule has 0 bridgehead atoms. The highest BCUT2D eigenvalue weighted by molar-refractivity contribution is 5.33. The van der Waals surface area contributed by atoms with Crippen LogP contribution in [-0.2, 0) is 6.61 Å². The van der Waals surface area contributed by atoms with Crippen LogP contribution in [0.5, 0.6) is 11.5 Å². The highest BCUT2D eigenvalue weighted by Gasteiger charge is 2.31. The molecule has 0 fully saturated rings. The number of imidazole rings is 1. The predicted molar refractivity (Wildman–Crippen MR) is 59.7 cm³/mol. The van der Waals surface area contributed by atoms with Gasteiger partial charge in [0.1, 0.15) is 18.1 Å². The molecule has 1 heterocycles. The highest BCUT2D eigenvalue weighted by Crippen LogP contribution is 2.26. The summed E-state index contributed by atoms with van der Waals surface area (Å²) in [5.41, 5.74) is 0.720. The molecule has 0 aliphatic heterocycles. The molecule has 8 heteroatoms. The van der Waals surface area contributed by atoms with Crippen LogP contribution in [0.15, 0.2) is 36.8 Å². The van der Waals surface area contributed by atoms with Gasteiger partial charge in [-0.3, -0.25) is 0 Å². The van der Waals surface area contributed by atoms with E-state index in [2.05, 4.69) is 14.7 Å². The Kier molecular flexibility index (Phi) is 4.76. The summed E-state index contributed by atoms with van der Waals surface area (Å²) in [6, 6.07) is 5.34. The van der Waals surface area contributed by atoms with Crippen LogP contribution in [0, 0.1) is 0 Å². The largest absolute Gasteiger partial charge is 0.573 e. The first-order chi connectivity index (χ1) is 8.53. The normalized spacial score (nSPS) is 10.7. The summed E-state index contributed by atoms with van der Waals surface area (Å²) in [7, 11) is 0. The topological polar surface area (TPSA) is 78.6 Å². The van der Waals surface area contributed by atoms with E-state index >= 15 is 0 Å². The van der Waals surface area contributed by atoms with Crippen LogP contribution in [-0.4, -0.2) is 21.8 Å². The van der Waals surface area contributed by atoms with E-state index in [-0.39, 0.29) is 23.6 Å². The number of nitrogens with one attached hydrogen (secondary N) is 1. The molecule has 1 aromatic carbocycles. The summed E-state index contributed by atoms with van der Waals surface area (Å²) < 4.78 is 45.1. The van der Waals surface area contributed by atoms with E-state index in [9.17, 15) is 13.2 Å². The molecule has 0 saturated heterocycles. The van der Waals surface area contributed by atoms with E-state index in [1.54, 1.807) is 12.3 Å². The monoisotopic (exact) mass is 276 g/mol. The van der Waals surface area contributed by atoms with E-state index in [4.69, 9.17) is 4.74 Å². The van der Waals surface area contributed by atoms with E-state index in [1.165, 1.54) is 24.5 Å². The lowest BCUT2D eigenvalue weighted by Gasteiger charge is -2.10. The summed E-state index contributed by atoms with van der Waals surface area (Å²) in [5, 5.41) is 0. The van der Waals surface area contributed by atoms with E-state index in [1.807, 2.05) is 0 Å². The average Bonchev–Trinajstić information content (AvgIpc) is 2.77. The Hall–Kier alpha value is -2.22. The number of nitrogens with zero attached hydrogens (tertiary/aromatic N) is 1. The van der Waals surface area contributed by atoms with Gasteiger partial charge in [-0.15, -0.1) is 13.2 Å². The zero-order chi connectivity index (χ0) is 13.0. The fraction of sp³-hybridized carbons (Fsp3) is 0.182. The van der Waals surface area contributed by atoms with Gasteiger partial charge in [0, 0.05) is 6.07 Å². The quantitative estimate of drug-likeness (QED) is 0.928. The van der Waals surface area contributed by atoms with Crippen LogP contribution < -0.4 is 9.47 Å². The number of benzene rings is 1. The third-order valence-corrected chi connectivity index (χ3v) is 1.99. The second-order valence-corrected chi connectivity index (χ2v) is 3.39. The highest BCUT2D eigenvalue weighted by atomic mass is 19.4. The SMILES string of the molecule is FC(F)(F)Oc1cccc(OCc2cnc[nH]2)c1.O. The van der Waals surface area contributed by atoms with Crippen molar-refractivity contribution >= 4 is 0 Å². The molecule has 1 aromatic heterocycles. The summed E-state index contributed by atoms with van der Waals surface area (Å²) in [6.07, 6.45) is -1.65. The van der Waals surface area contributed by atoms with Crippen molar-refractivity contribution in [1.29, 1.82) is 0 Å². The van der Waals surface area contributed by atoms with Gasteiger partial charge in [0.25, 0.3) is 0 Å². The van der Waals surface area contributed by atoms with Crippen molar-refractivity contribution in [3.8, 4) is 11.5 Å². The van der Waals surface area contributed by atoms with Crippen molar-refractivity contribution in [2.24, 2.45) is 0 Å². The van der Waals surface area contributed by atoms with Gasteiger partial charge in [0.15, 0.2) is 0 Å². The van der Waals surface area contributed by atoms with Crippen LogP contribution in [0.2, 0.25) is 0 Å². The first kappa shape index (κ1) is 14.8. The van der Waals surface area contributed by atoms with Crippen molar-refractivity contribution in [2.45, 2.75) is 13.0 Å². The minimum atomic E-state index is -4.71. The summed E-state index contributed by atoms with van der Waals surface area (Å²) in [5.74, 6) is -0.0315. The van der Waals surface area contributed by atoms with Gasteiger partial charge >= 0.3 is 6.36 Å². The molecule has 0 aliphatic carbocycles. The maximum absolute atomic E-state index is 12.0. The molecule has 2 rings (SSSR count). The molecule has 2 aromatic rings. The standard InChI is InChI=1S/C11H9F3N2O2.H2O/c12-11(13,14)18-10-3-1-2-9(4-10)17-6-8-5-15-7-16-8;/h1-5,7H,6H2,(H,15,16);1H2. The molecule has 0 unspecified atom stereocenters. The average molecular weight is 276 g/mol. The molecule has 0 aliphatic rings. The Bertz CT molecular complexity index is 500. The lowest BCUT2D eigenvalue weighted by Crippen LogP contribution is -2.17. The molecular weight excluding hydrogens is 265 g/mol. The van der Waals surface area contributed by atoms with E-state index in [0.29, 0.717) is 0 Å². The Morgan fingerprint density at radius 2 is 1.95 bits per heavy atom. The van der Waals surface area contributed by atoms with E-state index < -0.39 is 6.36 Å². The molecule has 104 valence electrons. The Morgan fingerprint density at radius 1 is 1.21 bits per heavy atom. The zero-order valence-electron chi connectivity index (χ0n) is 9.57. The fourth-order valence-corrected chi connectivity index (χ4v) is 1.29. The molecule has 5 nitrogen and oxygen atoms in total. The Labute approximate surface area is 106 Å². The van der Waals surface area contributed by atoms with Crippen molar-refractivity contribution in [2.75, 3.05) is 0 Å². The second kappa shape index (κ2) is 6.10. The number of hydrogen-bond donors (Lipinski definition) is 1. The lowest BCUT2D eigenvalue weighted by atomic mass is 10.3. The van der Waals surface area contributed by atoms with Gasteiger partial charge in [0.2, 0.25) is 0 Å². The number of ether oxygens (including phenoxy) is 2. The van der Waals surface area contributed by atoms with Crippen molar-refractivity contribution in [3.05, 3.63) is 42.5 Å². The first-order valence-corrected chi connectivity index (χ1v) is 4.99. The van der Waals surface area contributed by atoms with Crippen molar-refractivity contribution in [3.63, 3.8) is 0 Å². The third kappa shape index (κ3) is 4.88. The fourth-order valence-electron chi connectivity index (χ4n) is 1.29. The smallest absolute Gasteiger partial charge is 0.487 e. The van der Waals surface area contributed by atoms with Crippen LogP contribution in [0.1, 0.15) is 5.69 Å². The first-order valence-electron chi connectivity index (χ1n) is 4.99. The van der Waals surface area contributed by atoms with Gasteiger partial charge in [-0.1, -0.05) is 6.07 Å². The minimum Gasteiger partial charge on any atom is -0.487 e. The van der Waals surface area contributed by atoms with Crippen LogP contribution in [0.25, 0.3) is 0 Å². The molecule has 0 amide bonds. The zero-order valence-corrected chi connectivity index (χ0v) is 9.57. The molecule has 19 heavy (non-hydrogen) atoms. The summed E-state index contributed by atoms with van der Waals surface area (Å²) >= 11 is 0. The Morgan fingerprint density at radius 3 is 2.58 bits per heavy atom. The van der Waals surface area contributed by atoms with Gasteiger partial charge < -0.3 is 19.9 Å². The molecular formula is C11H11F3N2O3. The van der Waals surface area contributed by atoms with Gasteiger partial charge in [-0.25, -0.2) is 4.98 Å². The number of H-pyrrole nitrogens is 1. The third-order valence-electron chi connectivity index (χ3n) is 1.99. The second-order valence-electron chi connectivity index (χ2n) is 3.39. The number of hydrogen-bond acceptors (Lipinski definition) is 3. The number of halogens is 3. The summed E-state index contributed by atoms with van der Waals surface area (Å²) in [4.78, 5) is 6.60. The molecule has 0 spiro atoms. The molecule has 0 atom stereocenters. The van der Waals surface area contributed by atoms with Gasteiger partial charge in [-0.2, -0.15) is 0 Å². The van der Waals surface area contributed by atoms with Crippen molar-refractivity contribution < 1.29 is 28.1 Å². The maximum Gasteiger partial charge on any atom is 0.573 e. The van der Waals surface area contributed by atoms with Gasteiger partial charge in [0.05, 0.1) is 18.2 Å². The van der Waals surface area contributed by atoms with Gasteiger partial charge in [-0.05, 0) is 12.1 Å². The molecule has 3 N–H and O–H groups in total. The maximum atomic E-state index is 12.0. The molecule has 0 saturated carbocycles.